The van der Waals surface area contributed by atoms with Crippen molar-refractivity contribution < 1.29 is 0 Å². The first-order chi connectivity index (χ1) is 11.8. The van der Waals surface area contributed by atoms with Crippen LogP contribution in [0.25, 0.3) is 11.1 Å². The van der Waals surface area contributed by atoms with Gasteiger partial charge in [0.25, 0.3) is 0 Å². The van der Waals surface area contributed by atoms with E-state index in [0.29, 0.717) is 0 Å². The third kappa shape index (κ3) is 2.38. The van der Waals surface area contributed by atoms with Crippen molar-refractivity contribution in [3.8, 4) is 11.1 Å². The summed E-state index contributed by atoms with van der Waals surface area (Å²) in [6.07, 6.45) is 4.80. The fraction of sp³-hybridized carbons (Fsp3) is 0.250. The zero-order chi connectivity index (χ0) is 16.4. The van der Waals surface area contributed by atoms with E-state index in [0.717, 1.165) is 6.42 Å². The monoisotopic (exact) mass is 312 g/mol. The van der Waals surface area contributed by atoms with E-state index < -0.39 is 0 Å². The van der Waals surface area contributed by atoms with Crippen molar-refractivity contribution in [2.24, 2.45) is 0 Å². The predicted molar refractivity (Wildman–Crippen MR) is 102 cm³/mol. The summed E-state index contributed by atoms with van der Waals surface area (Å²) in [4.78, 5) is 0. The second-order valence-electron chi connectivity index (χ2n) is 6.94. The zero-order valence-electron chi connectivity index (χ0n) is 14.3. The third-order valence-electron chi connectivity index (χ3n) is 5.48. The summed E-state index contributed by atoms with van der Waals surface area (Å²) in [5.74, 6) is 0. The van der Waals surface area contributed by atoms with Crippen LogP contribution in [0.4, 0.5) is 0 Å². The number of hydrogen-bond acceptors (Lipinski definition) is 0. The van der Waals surface area contributed by atoms with E-state index in [4.69, 9.17) is 0 Å². The Morgan fingerprint density at radius 3 is 1.79 bits per heavy atom. The highest BCUT2D eigenvalue weighted by atomic mass is 14.4. The molecule has 0 heterocycles. The van der Waals surface area contributed by atoms with E-state index in [-0.39, 0.29) is 5.41 Å². The number of fused-ring (bicyclic) bond motifs is 3. The molecule has 24 heavy (non-hydrogen) atoms. The lowest BCUT2D eigenvalue weighted by molar-refractivity contribution is 0.458. The molecule has 0 amide bonds. The van der Waals surface area contributed by atoms with E-state index in [2.05, 4.69) is 85.8 Å². The van der Waals surface area contributed by atoms with Crippen LogP contribution in [0.3, 0.4) is 0 Å². The first-order valence-electron chi connectivity index (χ1n) is 9.08. The van der Waals surface area contributed by atoms with Gasteiger partial charge in [-0.05, 0) is 40.7 Å². The van der Waals surface area contributed by atoms with Gasteiger partial charge >= 0.3 is 0 Å². The molecule has 0 nitrogen and oxygen atoms in total. The Bertz CT molecular complexity index is 784. The molecule has 3 aromatic carbocycles. The van der Waals surface area contributed by atoms with Crippen molar-refractivity contribution in [3.05, 3.63) is 95.6 Å². The number of hydrogen-bond donors (Lipinski definition) is 0. The van der Waals surface area contributed by atoms with E-state index in [9.17, 15) is 0 Å². The standard InChI is InChI=1S/C24H24/c1-2-3-17-24(18-19-11-5-4-6-12-19)22-15-9-7-13-20(22)21-14-8-10-16-23(21)24/h4-16H,2-3,17-18H2,1H3. The van der Waals surface area contributed by atoms with E-state index in [1.54, 1.807) is 0 Å². The molecule has 0 atom stereocenters. The summed E-state index contributed by atoms with van der Waals surface area (Å²) in [5.41, 5.74) is 7.44. The largest absolute Gasteiger partial charge is 0.0654 e. The van der Waals surface area contributed by atoms with E-state index in [1.807, 2.05) is 0 Å². The predicted octanol–water partition coefficient (Wildman–Crippen LogP) is 6.39. The molecule has 1 aliphatic rings. The van der Waals surface area contributed by atoms with Crippen LogP contribution in [0.2, 0.25) is 0 Å². The Hall–Kier alpha value is -2.34. The van der Waals surface area contributed by atoms with Gasteiger partial charge in [-0.1, -0.05) is 98.6 Å². The van der Waals surface area contributed by atoms with Crippen molar-refractivity contribution in [3.63, 3.8) is 0 Å². The zero-order valence-corrected chi connectivity index (χ0v) is 14.3. The maximum Gasteiger partial charge on any atom is 0.0255 e. The van der Waals surface area contributed by atoms with Crippen LogP contribution in [0.5, 0.6) is 0 Å². The van der Waals surface area contributed by atoms with Crippen molar-refractivity contribution >= 4 is 0 Å². The molecular weight excluding hydrogens is 288 g/mol. The SMILES string of the molecule is CCCCC1(Cc2ccccc2)c2ccccc2-c2ccccc21. The molecule has 0 spiro atoms. The fourth-order valence-electron chi connectivity index (χ4n) is 4.39. The second-order valence-corrected chi connectivity index (χ2v) is 6.94. The molecule has 0 aromatic heterocycles. The minimum atomic E-state index is 0.116. The molecule has 0 saturated heterocycles. The van der Waals surface area contributed by atoms with Crippen LogP contribution in [-0.2, 0) is 11.8 Å². The Kier molecular flexibility index (Phi) is 3.98. The molecule has 0 radical (unpaired) electrons. The van der Waals surface area contributed by atoms with Gasteiger partial charge in [0.05, 0.1) is 0 Å². The van der Waals surface area contributed by atoms with Crippen molar-refractivity contribution in [2.45, 2.75) is 38.0 Å². The lowest BCUT2D eigenvalue weighted by atomic mass is 9.70. The van der Waals surface area contributed by atoms with Crippen molar-refractivity contribution in [1.29, 1.82) is 0 Å². The molecule has 1 aliphatic carbocycles. The Morgan fingerprint density at radius 2 is 1.21 bits per heavy atom. The highest BCUT2D eigenvalue weighted by Gasteiger charge is 2.42. The Labute approximate surface area is 145 Å². The topological polar surface area (TPSA) is 0 Å². The summed E-state index contributed by atoms with van der Waals surface area (Å²) >= 11 is 0. The van der Waals surface area contributed by atoms with E-state index >= 15 is 0 Å². The second kappa shape index (κ2) is 6.28. The lowest BCUT2D eigenvalue weighted by Gasteiger charge is -2.32. The van der Waals surface area contributed by atoms with Crippen LogP contribution in [0.1, 0.15) is 42.9 Å². The van der Waals surface area contributed by atoms with Crippen LogP contribution in [0, 0.1) is 0 Å². The maximum atomic E-state index is 2.36. The van der Waals surface area contributed by atoms with Crippen LogP contribution in [0.15, 0.2) is 78.9 Å². The molecule has 0 fully saturated rings. The summed E-state index contributed by atoms with van der Waals surface area (Å²) in [6, 6.07) is 29.1. The van der Waals surface area contributed by atoms with Crippen LogP contribution < -0.4 is 0 Å². The molecule has 4 rings (SSSR count). The first kappa shape index (κ1) is 15.2. The average molecular weight is 312 g/mol. The molecule has 120 valence electrons. The maximum absolute atomic E-state index is 2.36. The lowest BCUT2D eigenvalue weighted by Crippen LogP contribution is -2.28. The fourth-order valence-corrected chi connectivity index (χ4v) is 4.39. The molecule has 0 N–H and O–H groups in total. The minimum absolute atomic E-state index is 0.116. The van der Waals surface area contributed by atoms with Gasteiger partial charge in [-0.3, -0.25) is 0 Å². The highest BCUT2D eigenvalue weighted by Crippen LogP contribution is 2.52. The van der Waals surface area contributed by atoms with Crippen LogP contribution >= 0.6 is 0 Å². The van der Waals surface area contributed by atoms with Gasteiger partial charge in [0.1, 0.15) is 0 Å². The summed E-state index contributed by atoms with van der Waals surface area (Å²) < 4.78 is 0. The quantitative estimate of drug-likeness (QED) is 0.512. The first-order valence-corrected chi connectivity index (χ1v) is 9.08. The Morgan fingerprint density at radius 1 is 0.667 bits per heavy atom. The molecular formula is C24H24. The molecule has 0 saturated carbocycles. The smallest absolute Gasteiger partial charge is 0.0255 e. The highest BCUT2D eigenvalue weighted by molar-refractivity contribution is 5.81. The van der Waals surface area contributed by atoms with Crippen LogP contribution in [-0.4, -0.2) is 0 Å². The summed E-state index contributed by atoms with van der Waals surface area (Å²) in [6.45, 7) is 2.29. The molecule has 0 heteroatoms. The van der Waals surface area contributed by atoms with Gasteiger partial charge in [-0.25, -0.2) is 0 Å². The Balaban J connectivity index is 1.92. The van der Waals surface area contributed by atoms with Gasteiger partial charge in [0.2, 0.25) is 0 Å². The molecule has 3 aromatic rings. The molecule has 0 unspecified atom stereocenters. The summed E-state index contributed by atoms with van der Waals surface area (Å²) in [7, 11) is 0. The van der Waals surface area contributed by atoms with Crippen molar-refractivity contribution in [2.75, 3.05) is 0 Å². The molecule has 0 bridgehead atoms. The minimum Gasteiger partial charge on any atom is -0.0654 e. The normalized spacial score (nSPS) is 14.2. The average Bonchev–Trinajstić information content (AvgIpc) is 2.92. The van der Waals surface area contributed by atoms with Gasteiger partial charge in [-0.15, -0.1) is 0 Å². The summed E-state index contributed by atoms with van der Waals surface area (Å²) in [5, 5.41) is 0. The number of benzene rings is 3. The van der Waals surface area contributed by atoms with Gasteiger partial charge in [-0.2, -0.15) is 0 Å². The third-order valence-corrected chi connectivity index (χ3v) is 5.48. The number of unbranched alkanes of at least 4 members (excludes halogenated alkanes) is 1. The number of rotatable bonds is 5. The van der Waals surface area contributed by atoms with Gasteiger partial charge in [0.15, 0.2) is 0 Å². The van der Waals surface area contributed by atoms with Gasteiger partial charge < -0.3 is 0 Å². The van der Waals surface area contributed by atoms with Crippen molar-refractivity contribution in [1.82, 2.24) is 0 Å². The van der Waals surface area contributed by atoms with E-state index in [1.165, 1.54) is 47.1 Å². The van der Waals surface area contributed by atoms with Gasteiger partial charge in [0, 0.05) is 5.41 Å². The molecule has 0 aliphatic heterocycles.